The van der Waals surface area contributed by atoms with Crippen molar-refractivity contribution in [2.45, 2.75) is 32.8 Å². The molecule has 0 spiro atoms. The Morgan fingerprint density at radius 1 is 1.75 bits per heavy atom. The van der Waals surface area contributed by atoms with E-state index in [0.717, 1.165) is 29.8 Å². The lowest BCUT2D eigenvalue weighted by Gasteiger charge is -2.04. The first-order chi connectivity index (χ1) is 5.66. The van der Waals surface area contributed by atoms with E-state index in [9.17, 15) is 5.11 Å². The molecular weight excluding hydrogens is 152 g/mol. The lowest BCUT2D eigenvalue weighted by atomic mass is 10.1. The molecule has 0 aliphatic heterocycles. The number of nitrogens with two attached hydrogens (primary N) is 1. The van der Waals surface area contributed by atoms with Crippen LogP contribution in [0.3, 0.4) is 0 Å². The third-order valence-electron chi connectivity index (χ3n) is 2.10. The van der Waals surface area contributed by atoms with E-state index in [1.54, 1.807) is 0 Å². The maximum atomic E-state index is 9.52. The Morgan fingerprint density at radius 2 is 2.42 bits per heavy atom. The minimum atomic E-state index is -0.390. The fourth-order valence-corrected chi connectivity index (χ4v) is 1.52. The van der Waals surface area contributed by atoms with Crippen molar-refractivity contribution in [1.82, 2.24) is 0 Å². The van der Waals surface area contributed by atoms with Crippen molar-refractivity contribution >= 4 is 5.71 Å². The van der Waals surface area contributed by atoms with Gasteiger partial charge < -0.3 is 10.8 Å². The number of aliphatic hydroxyl groups excluding tert-OH is 1. The van der Waals surface area contributed by atoms with Gasteiger partial charge in [-0.15, -0.1) is 0 Å². The van der Waals surface area contributed by atoms with Gasteiger partial charge in [-0.1, -0.05) is 0 Å². The van der Waals surface area contributed by atoms with Crippen LogP contribution in [0.1, 0.15) is 26.7 Å². The molecule has 0 bridgehead atoms. The number of hydrogen-bond acceptors (Lipinski definition) is 3. The van der Waals surface area contributed by atoms with Crippen LogP contribution in [0.5, 0.6) is 0 Å². The number of aliphatic hydroxyl groups is 1. The van der Waals surface area contributed by atoms with E-state index in [-0.39, 0.29) is 0 Å². The average Bonchev–Trinajstić information content (AvgIpc) is 2.34. The smallest absolute Gasteiger partial charge is 0.0962 e. The molecule has 0 heterocycles. The highest BCUT2D eigenvalue weighted by molar-refractivity contribution is 6.05. The summed E-state index contributed by atoms with van der Waals surface area (Å²) in [4.78, 5) is 4.24. The zero-order valence-electron chi connectivity index (χ0n) is 7.67. The summed E-state index contributed by atoms with van der Waals surface area (Å²) in [5.41, 5.74) is 8.31. The lowest BCUT2D eigenvalue weighted by Crippen LogP contribution is -2.16. The third kappa shape index (κ3) is 1.67. The molecule has 1 aliphatic rings. The van der Waals surface area contributed by atoms with E-state index in [1.807, 2.05) is 13.8 Å². The second kappa shape index (κ2) is 3.72. The van der Waals surface area contributed by atoms with Gasteiger partial charge >= 0.3 is 0 Å². The largest absolute Gasteiger partial charge is 0.402 e. The van der Waals surface area contributed by atoms with E-state index in [0.29, 0.717) is 6.54 Å². The lowest BCUT2D eigenvalue weighted by molar-refractivity contribution is 0.242. The molecule has 1 unspecified atom stereocenters. The molecule has 1 atom stereocenters. The predicted octanol–water partition coefficient (Wildman–Crippen LogP) is 0.835. The second-order valence-corrected chi connectivity index (χ2v) is 3.08. The Balaban J connectivity index is 2.93. The number of rotatable bonds is 1. The summed E-state index contributed by atoms with van der Waals surface area (Å²) in [5.74, 6) is 0. The summed E-state index contributed by atoms with van der Waals surface area (Å²) in [6.45, 7) is 4.53. The summed E-state index contributed by atoms with van der Waals surface area (Å²) in [7, 11) is 0. The maximum absolute atomic E-state index is 9.52. The molecule has 1 saturated carbocycles. The van der Waals surface area contributed by atoms with Gasteiger partial charge in [-0.05, 0) is 32.3 Å². The predicted molar refractivity (Wildman–Crippen MR) is 50.1 cm³/mol. The molecule has 3 heteroatoms. The first-order valence-electron chi connectivity index (χ1n) is 4.34. The zero-order valence-corrected chi connectivity index (χ0v) is 7.67. The minimum absolute atomic E-state index is 0.390. The number of nitrogens with zero attached hydrogens (tertiary/aromatic N) is 1. The van der Waals surface area contributed by atoms with Gasteiger partial charge in [0.2, 0.25) is 0 Å². The fraction of sp³-hybridized carbons (Fsp3) is 0.667. The molecule has 1 fully saturated rings. The molecule has 0 saturated heterocycles. The third-order valence-corrected chi connectivity index (χ3v) is 2.10. The van der Waals surface area contributed by atoms with Gasteiger partial charge in [0.05, 0.1) is 11.8 Å². The monoisotopic (exact) mass is 168 g/mol. The van der Waals surface area contributed by atoms with E-state index in [4.69, 9.17) is 5.73 Å². The quantitative estimate of drug-likeness (QED) is 0.609. The van der Waals surface area contributed by atoms with Gasteiger partial charge in [0.25, 0.3) is 0 Å². The van der Waals surface area contributed by atoms with Crippen molar-refractivity contribution in [1.29, 1.82) is 0 Å². The molecule has 1 rings (SSSR count). The van der Waals surface area contributed by atoms with E-state index >= 15 is 0 Å². The Hall–Kier alpha value is -0.830. The van der Waals surface area contributed by atoms with Crippen LogP contribution in [0.25, 0.3) is 0 Å². The summed E-state index contributed by atoms with van der Waals surface area (Å²) in [6, 6.07) is 0. The number of allylic oxidation sites excluding steroid dienone is 1. The van der Waals surface area contributed by atoms with E-state index < -0.39 is 6.10 Å². The van der Waals surface area contributed by atoms with Crippen LogP contribution in [0.4, 0.5) is 0 Å². The molecule has 0 aromatic rings. The molecule has 0 aromatic carbocycles. The van der Waals surface area contributed by atoms with Crippen LogP contribution in [0.2, 0.25) is 0 Å². The van der Waals surface area contributed by atoms with Crippen molar-refractivity contribution in [3.8, 4) is 0 Å². The average molecular weight is 168 g/mol. The normalized spacial score (nSPS) is 31.2. The van der Waals surface area contributed by atoms with Crippen LogP contribution in [0, 0.1) is 0 Å². The maximum Gasteiger partial charge on any atom is 0.0962 e. The molecule has 68 valence electrons. The van der Waals surface area contributed by atoms with Crippen LogP contribution >= 0.6 is 0 Å². The molecule has 3 nitrogen and oxygen atoms in total. The zero-order chi connectivity index (χ0) is 9.14. The topological polar surface area (TPSA) is 58.6 Å². The summed E-state index contributed by atoms with van der Waals surface area (Å²) >= 11 is 0. The Bertz CT molecular complexity index is 227. The van der Waals surface area contributed by atoms with Crippen LogP contribution in [-0.4, -0.2) is 23.5 Å². The van der Waals surface area contributed by atoms with Crippen molar-refractivity contribution in [2.24, 2.45) is 10.7 Å². The highest BCUT2D eigenvalue weighted by atomic mass is 16.3. The summed E-state index contributed by atoms with van der Waals surface area (Å²) in [5, 5.41) is 9.52. The molecular formula is C9H16N2O. The number of aliphatic imine (C=N–C) groups is 1. The molecule has 12 heavy (non-hydrogen) atoms. The van der Waals surface area contributed by atoms with Crippen molar-refractivity contribution in [3.05, 3.63) is 11.3 Å². The van der Waals surface area contributed by atoms with Crippen molar-refractivity contribution in [3.63, 3.8) is 0 Å². The SMILES string of the molecule is CC/N=C1\C(=C(/C)N)CCC1O. The van der Waals surface area contributed by atoms with Gasteiger partial charge in [-0.25, -0.2) is 0 Å². The Morgan fingerprint density at radius 3 is 2.92 bits per heavy atom. The molecule has 0 amide bonds. The highest BCUT2D eigenvalue weighted by Gasteiger charge is 2.25. The Kier molecular flexibility index (Phi) is 2.87. The Labute approximate surface area is 73.0 Å². The highest BCUT2D eigenvalue weighted by Crippen LogP contribution is 2.23. The van der Waals surface area contributed by atoms with Crippen LogP contribution < -0.4 is 5.73 Å². The first-order valence-corrected chi connectivity index (χ1v) is 4.34. The van der Waals surface area contributed by atoms with Gasteiger partial charge in [-0.2, -0.15) is 0 Å². The summed E-state index contributed by atoms with van der Waals surface area (Å²) in [6.07, 6.45) is 1.24. The fourth-order valence-electron chi connectivity index (χ4n) is 1.52. The molecule has 1 aliphatic carbocycles. The van der Waals surface area contributed by atoms with Gasteiger partial charge in [-0.3, -0.25) is 4.99 Å². The molecule has 0 radical (unpaired) electrons. The van der Waals surface area contributed by atoms with Crippen molar-refractivity contribution < 1.29 is 5.11 Å². The second-order valence-electron chi connectivity index (χ2n) is 3.08. The molecule has 0 aromatic heterocycles. The minimum Gasteiger partial charge on any atom is -0.402 e. The van der Waals surface area contributed by atoms with E-state index in [2.05, 4.69) is 4.99 Å². The standard InChI is InChI=1S/C9H16N2O/c1-3-11-9-7(6(2)10)4-5-8(9)12/h8,12H,3-5,10H2,1-2H3/b7-6+,11-9+. The summed E-state index contributed by atoms with van der Waals surface area (Å²) < 4.78 is 0. The first kappa shape index (κ1) is 9.26. The van der Waals surface area contributed by atoms with E-state index in [1.165, 1.54) is 0 Å². The van der Waals surface area contributed by atoms with Crippen LogP contribution in [-0.2, 0) is 0 Å². The van der Waals surface area contributed by atoms with Crippen LogP contribution in [0.15, 0.2) is 16.3 Å². The van der Waals surface area contributed by atoms with Gasteiger partial charge in [0.15, 0.2) is 0 Å². The molecule has 3 N–H and O–H groups in total. The van der Waals surface area contributed by atoms with Gasteiger partial charge in [0.1, 0.15) is 0 Å². The number of hydrogen-bond donors (Lipinski definition) is 2. The van der Waals surface area contributed by atoms with Crippen molar-refractivity contribution in [2.75, 3.05) is 6.54 Å². The van der Waals surface area contributed by atoms with Gasteiger partial charge in [0, 0.05) is 12.2 Å².